The van der Waals surface area contributed by atoms with E-state index in [9.17, 15) is 4.79 Å². The quantitative estimate of drug-likeness (QED) is 0.365. The van der Waals surface area contributed by atoms with Crippen molar-refractivity contribution in [3.63, 3.8) is 0 Å². The Labute approximate surface area is 215 Å². The molecule has 2 aliphatic heterocycles. The fraction of sp³-hybridized carbons (Fsp3) is 0.207. The van der Waals surface area contributed by atoms with E-state index in [1.807, 2.05) is 53.5 Å². The number of carbonyl (C=O) groups excluding carboxylic acids is 1. The Bertz CT molecular complexity index is 1340. The van der Waals surface area contributed by atoms with Crippen LogP contribution in [0.3, 0.4) is 0 Å². The minimum absolute atomic E-state index is 0.0836. The van der Waals surface area contributed by atoms with E-state index in [0.717, 1.165) is 39.1 Å². The number of aliphatic imine (C=N–C) groups is 1. The van der Waals surface area contributed by atoms with Gasteiger partial charge in [-0.2, -0.15) is 10.1 Å². The molecule has 2 heterocycles. The van der Waals surface area contributed by atoms with Crippen LogP contribution >= 0.6 is 23.4 Å². The average Bonchev–Trinajstić information content (AvgIpc) is 3.43. The highest BCUT2D eigenvalue weighted by Gasteiger charge is 2.36. The van der Waals surface area contributed by atoms with Gasteiger partial charge in [0.15, 0.2) is 5.84 Å². The van der Waals surface area contributed by atoms with Gasteiger partial charge in [0.05, 0.1) is 16.7 Å². The van der Waals surface area contributed by atoms with Gasteiger partial charge >= 0.3 is 5.24 Å². The van der Waals surface area contributed by atoms with E-state index in [4.69, 9.17) is 16.7 Å². The molecule has 4 nitrogen and oxygen atoms in total. The third kappa shape index (κ3) is 5.12. The monoisotopic (exact) mass is 499 g/mol. The van der Waals surface area contributed by atoms with Gasteiger partial charge in [0.25, 0.3) is 0 Å². The van der Waals surface area contributed by atoms with Crippen molar-refractivity contribution in [2.24, 2.45) is 10.1 Å². The molecule has 1 unspecified atom stereocenters. The molecule has 0 radical (unpaired) electrons. The standard InChI is InChI=1S/C29H26ClN3OS/c1-29(2,3)22-13-9-19(10-14-22)17-26-27(31-28(34)35-26)33-25(21-11-15-23(30)16-12-21)18-24(32-33)20-7-5-4-6-8-20/h4-17,25H,18H2,1-3H3/b26-17-. The fourth-order valence-electron chi connectivity index (χ4n) is 4.25. The summed E-state index contributed by atoms with van der Waals surface area (Å²) in [7, 11) is 0. The molecule has 0 saturated heterocycles. The van der Waals surface area contributed by atoms with Crippen molar-refractivity contribution in [3.8, 4) is 0 Å². The molecule has 3 aromatic carbocycles. The highest BCUT2D eigenvalue weighted by molar-refractivity contribution is 8.18. The number of amides is 1. The number of hydrogen-bond acceptors (Lipinski definition) is 4. The fourth-order valence-corrected chi connectivity index (χ4v) is 5.12. The van der Waals surface area contributed by atoms with Crippen LogP contribution in [0, 0.1) is 0 Å². The number of thioether (sulfide) groups is 1. The number of amidine groups is 1. The minimum Gasteiger partial charge on any atom is -0.259 e. The molecule has 0 aromatic heterocycles. The predicted molar refractivity (Wildman–Crippen MR) is 147 cm³/mol. The first-order chi connectivity index (χ1) is 16.8. The van der Waals surface area contributed by atoms with Gasteiger partial charge in [0, 0.05) is 11.4 Å². The maximum Gasteiger partial charge on any atom is 0.311 e. The largest absolute Gasteiger partial charge is 0.311 e. The Morgan fingerprint density at radius 1 is 0.971 bits per heavy atom. The van der Waals surface area contributed by atoms with E-state index >= 15 is 0 Å². The summed E-state index contributed by atoms with van der Waals surface area (Å²) in [6.07, 6.45) is 2.73. The summed E-state index contributed by atoms with van der Waals surface area (Å²) < 4.78 is 0. The number of nitrogens with zero attached hydrogens (tertiary/aromatic N) is 3. The van der Waals surface area contributed by atoms with Crippen molar-refractivity contribution < 1.29 is 4.79 Å². The molecule has 0 aliphatic carbocycles. The highest BCUT2D eigenvalue weighted by atomic mass is 35.5. The zero-order valence-electron chi connectivity index (χ0n) is 19.9. The van der Waals surface area contributed by atoms with Gasteiger partial charge in [-0.3, -0.25) is 4.79 Å². The second kappa shape index (κ2) is 9.48. The molecule has 0 saturated carbocycles. The van der Waals surface area contributed by atoms with Crippen molar-refractivity contribution in [3.05, 3.63) is 111 Å². The number of rotatable bonds is 3. The van der Waals surface area contributed by atoms with Gasteiger partial charge in [0.1, 0.15) is 0 Å². The molecule has 176 valence electrons. The van der Waals surface area contributed by atoms with Gasteiger partial charge < -0.3 is 0 Å². The van der Waals surface area contributed by atoms with E-state index in [1.165, 1.54) is 5.56 Å². The van der Waals surface area contributed by atoms with E-state index in [2.05, 4.69) is 62.2 Å². The van der Waals surface area contributed by atoms with Crippen molar-refractivity contribution in [2.75, 3.05) is 0 Å². The van der Waals surface area contributed by atoms with Crippen LogP contribution in [0.1, 0.15) is 55.5 Å². The first-order valence-electron chi connectivity index (χ1n) is 11.6. The maximum absolute atomic E-state index is 12.5. The van der Waals surface area contributed by atoms with Crippen LogP contribution in [-0.4, -0.2) is 21.8 Å². The number of halogens is 1. The number of hydrazone groups is 1. The third-order valence-corrected chi connectivity index (χ3v) is 7.22. The van der Waals surface area contributed by atoms with Crippen molar-refractivity contribution in [2.45, 2.75) is 38.6 Å². The molecule has 35 heavy (non-hydrogen) atoms. The Morgan fingerprint density at radius 3 is 2.31 bits per heavy atom. The first kappa shape index (κ1) is 23.6. The molecule has 1 atom stereocenters. The molecular formula is C29H26ClN3OS. The van der Waals surface area contributed by atoms with Crippen LogP contribution in [0.4, 0.5) is 4.79 Å². The first-order valence-corrected chi connectivity index (χ1v) is 12.8. The summed E-state index contributed by atoms with van der Waals surface area (Å²) in [6.45, 7) is 6.59. The lowest BCUT2D eigenvalue weighted by molar-refractivity contribution is 0.267. The summed E-state index contributed by atoms with van der Waals surface area (Å²) in [5, 5.41) is 7.33. The van der Waals surface area contributed by atoms with E-state index in [-0.39, 0.29) is 16.7 Å². The molecule has 2 aliphatic rings. The Balaban J connectivity index is 1.53. The van der Waals surface area contributed by atoms with E-state index < -0.39 is 0 Å². The lowest BCUT2D eigenvalue weighted by Gasteiger charge is -2.24. The highest BCUT2D eigenvalue weighted by Crippen LogP contribution is 2.40. The van der Waals surface area contributed by atoms with E-state index in [0.29, 0.717) is 17.3 Å². The van der Waals surface area contributed by atoms with Gasteiger partial charge in [-0.25, -0.2) is 5.01 Å². The summed E-state index contributed by atoms with van der Waals surface area (Å²) in [5.41, 5.74) is 5.48. The predicted octanol–water partition coefficient (Wildman–Crippen LogP) is 8.10. The van der Waals surface area contributed by atoms with Crippen LogP contribution in [-0.2, 0) is 5.41 Å². The van der Waals surface area contributed by atoms with Gasteiger partial charge in [-0.1, -0.05) is 99.1 Å². The van der Waals surface area contributed by atoms with Crippen LogP contribution in [0.15, 0.2) is 93.9 Å². The van der Waals surface area contributed by atoms with Crippen LogP contribution in [0.5, 0.6) is 0 Å². The molecule has 0 fully saturated rings. The normalized spacial score (nSPS) is 19.3. The lowest BCUT2D eigenvalue weighted by atomic mass is 9.87. The average molecular weight is 500 g/mol. The van der Waals surface area contributed by atoms with Crippen LogP contribution in [0.25, 0.3) is 6.08 Å². The molecule has 6 heteroatoms. The molecule has 0 spiro atoms. The van der Waals surface area contributed by atoms with Crippen molar-refractivity contribution in [1.82, 2.24) is 5.01 Å². The Kier molecular flexibility index (Phi) is 6.39. The third-order valence-electron chi connectivity index (χ3n) is 6.18. The number of hydrogen-bond donors (Lipinski definition) is 0. The lowest BCUT2D eigenvalue weighted by Crippen LogP contribution is -2.26. The number of carbonyl (C=O) groups is 1. The molecule has 5 rings (SSSR count). The maximum atomic E-state index is 12.5. The molecule has 0 bridgehead atoms. The minimum atomic E-state index is -0.226. The summed E-state index contributed by atoms with van der Waals surface area (Å²) in [6, 6.07) is 26.3. The van der Waals surface area contributed by atoms with Gasteiger partial charge in [0.2, 0.25) is 0 Å². The summed E-state index contributed by atoms with van der Waals surface area (Å²) in [5.74, 6) is 0.589. The SMILES string of the molecule is CC(C)(C)c1ccc(/C=C2\SC(=O)N=C2N2N=C(c3ccccc3)CC2c2ccc(Cl)cc2)cc1. The second-order valence-electron chi connectivity index (χ2n) is 9.71. The van der Waals surface area contributed by atoms with Crippen molar-refractivity contribution >= 4 is 46.2 Å². The zero-order chi connectivity index (χ0) is 24.6. The smallest absolute Gasteiger partial charge is 0.259 e. The molecular weight excluding hydrogens is 474 g/mol. The molecule has 3 aromatic rings. The number of benzene rings is 3. The summed E-state index contributed by atoms with van der Waals surface area (Å²) >= 11 is 7.30. The van der Waals surface area contributed by atoms with E-state index in [1.54, 1.807) is 0 Å². The second-order valence-corrected chi connectivity index (χ2v) is 11.1. The van der Waals surface area contributed by atoms with Crippen LogP contribution in [0.2, 0.25) is 5.02 Å². The Hall–Kier alpha value is -3.15. The topological polar surface area (TPSA) is 45.0 Å². The zero-order valence-corrected chi connectivity index (χ0v) is 21.5. The van der Waals surface area contributed by atoms with Gasteiger partial charge in [-0.05, 0) is 57.6 Å². The molecule has 0 N–H and O–H groups in total. The van der Waals surface area contributed by atoms with Gasteiger partial charge in [-0.15, -0.1) is 0 Å². The Morgan fingerprint density at radius 2 is 1.66 bits per heavy atom. The van der Waals surface area contributed by atoms with Crippen molar-refractivity contribution in [1.29, 1.82) is 0 Å². The molecule has 1 amide bonds. The summed E-state index contributed by atoms with van der Waals surface area (Å²) in [4.78, 5) is 17.7. The van der Waals surface area contributed by atoms with Crippen LogP contribution < -0.4 is 0 Å².